The number of benzene rings is 2. The van der Waals surface area contributed by atoms with E-state index in [9.17, 15) is 9.59 Å². The highest BCUT2D eigenvalue weighted by Crippen LogP contribution is 2.29. The van der Waals surface area contributed by atoms with Crippen molar-refractivity contribution in [3.05, 3.63) is 59.2 Å². The Morgan fingerprint density at radius 2 is 1.79 bits per heavy atom. The van der Waals surface area contributed by atoms with Gasteiger partial charge in [-0.1, -0.05) is 37.6 Å². The zero-order valence-electron chi connectivity index (χ0n) is 19.8. The van der Waals surface area contributed by atoms with Gasteiger partial charge in [0.1, 0.15) is 0 Å². The van der Waals surface area contributed by atoms with Crippen LogP contribution in [0.25, 0.3) is 0 Å². The zero-order valence-corrected chi connectivity index (χ0v) is 19.8. The maximum Gasteiger partial charge on any atom is 0.319 e. The van der Waals surface area contributed by atoms with Gasteiger partial charge in [0.05, 0.1) is 5.56 Å². The fraction of sp³-hybridized carbons (Fsp3) is 0.462. The van der Waals surface area contributed by atoms with Crippen LogP contribution in [0.1, 0.15) is 54.6 Å². The lowest BCUT2D eigenvalue weighted by atomic mass is 9.98. The van der Waals surface area contributed by atoms with E-state index in [-0.39, 0.29) is 11.9 Å². The Kier molecular flexibility index (Phi) is 9.57. The topological polar surface area (TPSA) is 82.7 Å². The van der Waals surface area contributed by atoms with E-state index in [1.54, 1.807) is 6.07 Å². The molecule has 0 saturated carbocycles. The first kappa shape index (κ1) is 24.6. The van der Waals surface area contributed by atoms with Crippen molar-refractivity contribution in [1.29, 1.82) is 0 Å². The van der Waals surface area contributed by atoms with Crippen LogP contribution in [0.15, 0.2) is 42.5 Å². The lowest BCUT2D eigenvalue weighted by Gasteiger charge is -2.32. The number of rotatable bonds is 11. The maximum atomic E-state index is 13.1. The van der Waals surface area contributed by atoms with E-state index in [1.165, 1.54) is 11.1 Å². The second-order valence-electron chi connectivity index (χ2n) is 8.21. The summed E-state index contributed by atoms with van der Waals surface area (Å²) < 4.78 is 5.36. The summed E-state index contributed by atoms with van der Waals surface area (Å²) in [6.45, 7) is 8.08. The fourth-order valence-electron chi connectivity index (χ4n) is 3.94. The Bertz CT molecular complexity index is 932. The number of anilines is 2. The molecule has 0 fully saturated rings. The van der Waals surface area contributed by atoms with Crippen LogP contribution in [-0.2, 0) is 17.7 Å². The van der Waals surface area contributed by atoms with Gasteiger partial charge in [-0.3, -0.25) is 4.79 Å². The molecule has 2 aromatic rings. The summed E-state index contributed by atoms with van der Waals surface area (Å²) in [5.74, 6) is -0.143. The van der Waals surface area contributed by atoms with Crippen LogP contribution in [-0.4, -0.2) is 44.8 Å². The van der Waals surface area contributed by atoms with Crippen LogP contribution in [0, 0.1) is 0 Å². The van der Waals surface area contributed by atoms with Crippen molar-refractivity contribution >= 4 is 23.3 Å². The molecule has 7 heteroatoms. The van der Waals surface area contributed by atoms with E-state index in [2.05, 4.69) is 52.0 Å². The molecule has 178 valence electrons. The van der Waals surface area contributed by atoms with Gasteiger partial charge in [0.25, 0.3) is 5.91 Å². The lowest BCUT2D eigenvalue weighted by molar-refractivity contribution is 0.0944. The molecule has 0 aromatic heterocycles. The minimum atomic E-state index is -0.258. The van der Waals surface area contributed by atoms with E-state index < -0.39 is 0 Å². The van der Waals surface area contributed by atoms with Crippen LogP contribution in [0.3, 0.4) is 0 Å². The first-order valence-corrected chi connectivity index (χ1v) is 12.0. The van der Waals surface area contributed by atoms with Crippen LogP contribution >= 0.6 is 0 Å². The summed E-state index contributed by atoms with van der Waals surface area (Å²) in [5.41, 5.74) is 4.69. The molecule has 3 rings (SSSR count). The van der Waals surface area contributed by atoms with E-state index in [1.807, 2.05) is 19.1 Å². The van der Waals surface area contributed by atoms with Gasteiger partial charge >= 0.3 is 6.03 Å². The third-order valence-corrected chi connectivity index (χ3v) is 5.74. The molecule has 7 nitrogen and oxygen atoms in total. The van der Waals surface area contributed by atoms with E-state index >= 15 is 0 Å². The van der Waals surface area contributed by atoms with Crippen molar-refractivity contribution < 1.29 is 14.3 Å². The van der Waals surface area contributed by atoms with Crippen molar-refractivity contribution in [2.75, 3.05) is 43.1 Å². The number of carbonyl (C=O) groups excluding carboxylic acids is 2. The molecule has 1 aliphatic heterocycles. The van der Waals surface area contributed by atoms with Crippen molar-refractivity contribution in [2.24, 2.45) is 0 Å². The van der Waals surface area contributed by atoms with E-state index in [4.69, 9.17) is 4.74 Å². The lowest BCUT2D eigenvalue weighted by Crippen LogP contribution is -2.34. The summed E-state index contributed by atoms with van der Waals surface area (Å²) in [7, 11) is 0. The SMILES string of the molecule is CCCCNC(=O)Nc1ccc(N2CCc3ccccc3C2)c(C(=O)NCCCOCC)c1. The van der Waals surface area contributed by atoms with Gasteiger partial charge in [-0.15, -0.1) is 0 Å². The predicted octanol–water partition coefficient (Wildman–Crippen LogP) is 4.33. The molecule has 1 aliphatic rings. The average molecular weight is 453 g/mol. The van der Waals surface area contributed by atoms with Gasteiger partial charge in [0.2, 0.25) is 0 Å². The highest BCUT2D eigenvalue weighted by Gasteiger charge is 2.22. The Labute approximate surface area is 196 Å². The molecule has 33 heavy (non-hydrogen) atoms. The highest BCUT2D eigenvalue weighted by atomic mass is 16.5. The number of ether oxygens (including phenoxy) is 1. The molecule has 0 spiro atoms. The van der Waals surface area contributed by atoms with Crippen LogP contribution in [0.2, 0.25) is 0 Å². The fourth-order valence-corrected chi connectivity index (χ4v) is 3.94. The second kappa shape index (κ2) is 12.8. The molecule has 0 bridgehead atoms. The average Bonchev–Trinajstić information content (AvgIpc) is 2.83. The molecule has 3 N–H and O–H groups in total. The number of fused-ring (bicyclic) bond motifs is 1. The normalized spacial score (nSPS) is 12.7. The monoisotopic (exact) mass is 452 g/mol. The number of carbonyl (C=O) groups is 2. The number of hydrogen-bond donors (Lipinski definition) is 3. The molecule has 0 saturated heterocycles. The Hall–Kier alpha value is -3.06. The number of hydrogen-bond acceptors (Lipinski definition) is 4. The molecule has 0 aliphatic carbocycles. The standard InChI is InChI=1S/C26H36N4O3/c1-3-5-14-28-26(32)29-22-11-12-24(23(18-22)25(31)27-15-8-17-33-4-2)30-16-13-20-9-6-7-10-21(20)19-30/h6-7,9-12,18H,3-5,8,13-17,19H2,1-2H3,(H,27,31)(H2,28,29,32). The van der Waals surface area contributed by atoms with Crippen molar-refractivity contribution in [2.45, 2.75) is 46.1 Å². The Balaban J connectivity index is 1.76. The number of amides is 3. The quantitative estimate of drug-likeness (QED) is 0.443. The summed E-state index contributed by atoms with van der Waals surface area (Å²) in [4.78, 5) is 27.6. The second-order valence-corrected chi connectivity index (χ2v) is 8.21. The van der Waals surface area contributed by atoms with Gasteiger partial charge < -0.3 is 25.6 Å². The Morgan fingerprint density at radius 1 is 1.00 bits per heavy atom. The molecule has 2 aromatic carbocycles. The molecule has 0 radical (unpaired) electrons. The smallest absolute Gasteiger partial charge is 0.319 e. The number of nitrogens with zero attached hydrogens (tertiary/aromatic N) is 1. The van der Waals surface area contributed by atoms with Crippen LogP contribution in [0.4, 0.5) is 16.2 Å². The van der Waals surface area contributed by atoms with E-state index in [0.29, 0.717) is 37.6 Å². The maximum absolute atomic E-state index is 13.1. The molecule has 0 atom stereocenters. The minimum absolute atomic E-state index is 0.143. The van der Waals surface area contributed by atoms with Crippen molar-refractivity contribution in [3.63, 3.8) is 0 Å². The first-order chi connectivity index (χ1) is 16.1. The molecular weight excluding hydrogens is 416 g/mol. The van der Waals surface area contributed by atoms with E-state index in [0.717, 1.165) is 44.5 Å². The van der Waals surface area contributed by atoms with Gasteiger partial charge in [-0.2, -0.15) is 0 Å². The first-order valence-electron chi connectivity index (χ1n) is 12.0. The van der Waals surface area contributed by atoms with Crippen molar-refractivity contribution in [3.8, 4) is 0 Å². The number of unbranched alkanes of at least 4 members (excludes halogenated alkanes) is 1. The number of nitrogens with one attached hydrogen (secondary N) is 3. The third-order valence-electron chi connectivity index (χ3n) is 5.74. The number of urea groups is 1. The molecule has 3 amide bonds. The largest absolute Gasteiger partial charge is 0.382 e. The predicted molar refractivity (Wildman–Crippen MR) is 133 cm³/mol. The zero-order chi connectivity index (χ0) is 23.5. The van der Waals surface area contributed by atoms with Gasteiger partial charge in [-0.05, 0) is 55.5 Å². The third kappa shape index (κ3) is 7.22. The van der Waals surface area contributed by atoms with Gasteiger partial charge in [-0.25, -0.2) is 4.79 Å². The Morgan fingerprint density at radius 3 is 2.58 bits per heavy atom. The summed E-state index contributed by atoms with van der Waals surface area (Å²) >= 11 is 0. The summed E-state index contributed by atoms with van der Waals surface area (Å²) in [6, 6.07) is 13.7. The summed E-state index contributed by atoms with van der Waals surface area (Å²) in [5, 5.41) is 8.71. The molecule has 1 heterocycles. The summed E-state index contributed by atoms with van der Waals surface area (Å²) in [6.07, 6.45) is 3.63. The van der Waals surface area contributed by atoms with Crippen molar-refractivity contribution in [1.82, 2.24) is 10.6 Å². The van der Waals surface area contributed by atoms with Gasteiger partial charge in [0.15, 0.2) is 0 Å². The molecule has 0 unspecified atom stereocenters. The van der Waals surface area contributed by atoms with Gasteiger partial charge in [0, 0.05) is 50.8 Å². The highest BCUT2D eigenvalue weighted by molar-refractivity contribution is 6.02. The van der Waals surface area contributed by atoms with Crippen LogP contribution < -0.4 is 20.9 Å². The van der Waals surface area contributed by atoms with Crippen LogP contribution in [0.5, 0.6) is 0 Å². The molecular formula is C26H36N4O3. The minimum Gasteiger partial charge on any atom is -0.382 e.